The van der Waals surface area contributed by atoms with Gasteiger partial charge in [0.2, 0.25) is 0 Å². The summed E-state index contributed by atoms with van der Waals surface area (Å²) in [6, 6.07) is 3.78. The Bertz CT molecular complexity index is 508. The number of hydrogen-bond donors (Lipinski definition) is 1. The quantitative estimate of drug-likeness (QED) is 0.842. The van der Waals surface area contributed by atoms with Crippen LogP contribution in [0.2, 0.25) is 0 Å². The van der Waals surface area contributed by atoms with Crippen LogP contribution in [0.4, 0.5) is 13.2 Å². The molecule has 1 aromatic heterocycles. The number of rotatable bonds is 2. The minimum Gasteiger partial charge on any atom is -0.265 e. The number of thioether (sulfide) groups is 1. The van der Waals surface area contributed by atoms with E-state index in [0.717, 1.165) is 12.1 Å². The first-order valence-electron chi connectivity index (χ1n) is 4.63. The zero-order chi connectivity index (χ0) is 12.5. The van der Waals surface area contributed by atoms with Gasteiger partial charge in [-0.2, -0.15) is 18.3 Å². The molecule has 1 N–H and O–H groups in total. The maximum Gasteiger partial charge on any atom is 0.416 e. The number of halogens is 3. The van der Waals surface area contributed by atoms with Gasteiger partial charge < -0.3 is 0 Å². The number of nitrogens with zero attached hydrogens (tertiary/aromatic N) is 2. The van der Waals surface area contributed by atoms with E-state index in [1.807, 2.05) is 0 Å². The van der Waals surface area contributed by atoms with E-state index in [0.29, 0.717) is 10.5 Å². The molecule has 0 unspecified atom stereocenters. The monoisotopic (exact) mass is 259 g/mol. The molecule has 7 heteroatoms. The average Bonchev–Trinajstić information content (AvgIpc) is 2.80. The normalized spacial score (nSPS) is 11.8. The van der Waals surface area contributed by atoms with Crippen LogP contribution in [0.25, 0.3) is 11.4 Å². The smallest absolute Gasteiger partial charge is 0.265 e. The third-order valence-electron chi connectivity index (χ3n) is 2.14. The highest BCUT2D eigenvalue weighted by molar-refractivity contribution is 7.98. The fourth-order valence-corrected chi connectivity index (χ4v) is 1.85. The van der Waals surface area contributed by atoms with Gasteiger partial charge in [-0.1, -0.05) is 0 Å². The molecule has 0 amide bonds. The van der Waals surface area contributed by atoms with E-state index >= 15 is 0 Å². The lowest BCUT2D eigenvalue weighted by Crippen LogP contribution is -2.05. The molecule has 1 aromatic carbocycles. The summed E-state index contributed by atoms with van der Waals surface area (Å²) in [7, 11) is 0. The van der Waals surface area contributed by atoms with Crippen molar-refractivity contribution in [3.8, 4) is 11.4 Å². The van der Waals surface area contributed by atoms with Crippen LogP contribution in [-0.2, 0) is 6.18 Å². The van der Waals surface area contributed by atoms with Gasteiger partial charge in [-0.25, -0.2) is 4.98 Å². The zero-order valence-corrected chi connectivity index (χ0v) is 9.56. The molecule has 17 heavy (non-hydrogen) atoms. The lowest BCUT2D eigenvalue weighted by Gasteiger charge is -2.09. The van der Waals surface area contributed by atoms with Crippen molar-refractivity contribution in [1.82, 2.24) is 15.2 Å². The summed E-state index contributed by atoms with van der Waals surface area (Å²) < 4.78 is 38.0. The summed E-state index contributed by atoms with van der Waals surface area (Å²) >= 11 is 1.24. The minimum absolute atomic E-state index is 0.256. The summed E-state index contributed by atoms with van der Waals surface area (Å²) in [5.74, 6) is 0.256. The zero-order valence-electron chi connectivity index (χ0n) is 8.75. The van der Waals surface area contributed by atoms with Crippen molar-refractivity contribution in [2.75, 3.05) is 6.26 Å². The van der Waals surface area contributed by atoms with Crippen molar-refractivity contribution in [3.05, 3.63) is 30.1 Å². The Morgan fingerprint density at radius 2 is 2.00 bits per heavy atom. The molecular formula is C10H8F3N3S. The summed E-state index contributed by atoms with van der Waals surface area (Å²) in [4.78, 5) is 4.37. The average molecular weight is 259 g/mol. The van der Waals surface area contributed by atoms with E-state index in [1.54, 1.807) is 12.3 Å². The molecule has 0 saturated heterocycles. The van der Waals surface area contributed by atoms with Crippen molar-refractivity contribution >= 4 is 11.8 Å². The lowest BCUT2D eigenvalue weighted by atomic mass is 10.1. The molecule has 3 nitrogen and oxygen atoms in total. The molecule has 1 heterocycles. The number of benzene rings is 1. The highest BCUT2D eigenvalue weighted by Crippen LogP contribution is 2.34. The maximum atomic E-state index is 12.7. The maximum absolute atomic E-state index is 12.7. The predicted molar refractivity (Wildman–Crippen MR) is 58.6 cm³/mol. The summed E-state index contributed by atoms with van der Waals surface area (Å²) in [5.41, 5.74) is -0.338. The Morgan fingerprint density at radius 1 is 1.24 bits per heavy atom. The number of aromatic amines is 1. The van der Waals surface area contributed by atoms with Crippen molar-refractivity contribution < 1.29 is 13.2 Å². The molecule has 90 valence electrons. The Labute approximate surface area is 99.5 Å². The second-order valence-electron chi connectivity index (χ2n) is 3.27. The first-order valence-corrected chi connectivity index (χ1v) is 5.85. The Morgan fingerprint density at radius 3 is 2.53 bits per heavy atom. The van der Waals surface area contributed by atoms with Crippen molar-refractivity contribution in [1.29, 1.82) is 0 Å². The molecule has 0 atom stereocenters. The minimum atomic E-state index is -4.36. The third kappa shape index (κ3) is 2.60. The molecule has 0 aliphatic heterocycles. The van der Waals surface area contributed by atoms with E-state index in [-0.39, 0.29) is 5.82 Å². The van der Waals surface area contributed by atoms with Gasteiger partial charge in [-0.05, 0) is 24.5 Å². The molecule has 0 fully saturated rings. The molecule has 0 aliphatic carbocycles. The second-order valence-corrected chi connectivity index (χ2v) is 4.15. The predicted octanol–water partition coefficient (Wildman–Crippen LogP) is 3.21. The number of nitrogens with one attached hydrogen (secondary N) is 1. The van der Waals surface area contributed by atoms with E-state index in [9.17, 15) is 13.2 Å². The SMILES string of the molecule is CSc1cc(-c2nc[nH]n2)cc(C(F)(F)F)c1. The largest absolute Gasteiger partial charge is 0.416 e. The summed E-state index contributed by atoms with van der Waals surface area (Å²) in [6.07, 6.45) is -1.32. The van der Waals surface area contributed by atoms with Crippen molar-refractivity contribution in [3.63, 3.8) is 0 Å². The third-order valence-corrected chi connectivity index (χ3v) is 2.85. The fourth-order valence-electron chi connectivity index (χ4n) is 1.36. The number of aromatic nitrogens is 3. The Hall–Kier alpha value is -1.50. The van der Waals surface area contributed by atoms with Crippen LogP contribution in [0, 0.1) is 0 Å². The second kappa shape index (κ2) is 4.40. The van der Waals surface area contributed by atoms with Gasteiger partial charge in [0.05, 0.1) is 5.56 Å². The van der Waals surface area contributed by atoms with Crippen molar-refractivity contribution in [2.45, 2.75) is 11.1 Å². The van der Waals surface area contributed by atoms with E-state index in [2.05, 4.69) is 15.2 Å². The van der Waals surface area contributed by atoms with E-state index < -0.39 is 11.7 Å². The van der Waals surface area contributed by atoms with Gasteiger partial charge in [-0.3, -0.25) is 5.10 Å². The van der Waals surface area contributed by atoms with Crippen LogP contribution in [-0.4, -0.2) is 21.4 Å². The Kier molecular flexibility index (Phi) is 3.10. The van der Waals surface area contributed by atoms with Crippen LogP contribution in [0.3, 0.4) is 0 Å². The molecule has 2 aromatic rings. The van der Waals surface area contributed by atoms with Gasteiger partial charge in [-0.15, -0.1) is 11.8 Å². The first-order chi connectivity index (χ1) is 8.00. The van der Waals surface area contributed by atoms with E-state index in [1.165, 1.54) is 18.1 Å². The molecule has 0 spiro atoms. The number of alkyl halides is 3. The van der Waals surface area contributed by atoms with Crippen LogP contribution < -0.4 is 0 Å². The van der Waals surface area contributed by atoms with Crippen LogP contribution in [0.1, 0.15) is 5.56 Å². The standard InChI is InChI=1S/C10H8F3N3S/c1-17-8-3-6(9-14-5-15-16-9)2-7(4-8)10(11,12)13/h2-5H,1H3,(H,14,15,16). The highest BCUT2D eigenvalue weighted by Gasteiger charge is 2.31. The van der Waals surface area contributed by atoms with Crippen LogP contribution in [0.5, 0.6) is 0 Å². The number of H-pyrrole nitrogens is 1. The van der Waals surface area contributed by atoms with Crippen LogP contribution >= 0.6 is 11.8 Å². The topological polar surface area (TPSA) is 41.6 Å². The van der Waals surface area contributed by atoms with Gasteiger partial charge in [0.25, 0.3) is 0 Å². The van der Waals surface area contributed by atoms with Gasteiger partial charge in [0, 0.05) is 10.5 Å². The van der Waals surface area contributed by atoms with Gasteiger partial charge in [0.15, 0.2) is 5.82 Å². The molecule has 0 bridgehead atoms. The fraction of sp³-hybridized carbons (Fsp3) is 0.200. The summed E-state index contributed by atoms with van der Waals surface area (Å²) in [5, 5.41) is 6.25. The van der Waals surface area contributed by atoms with E-state index in [4.69, 9.17) is 0 Å². The highest BCUT2D eigenvalue weighted by atomic mass is 32.2. The first kappa shape index (κ1) is 12.0. The lowest BCUT2D eigenvalue weighted by molar-refractivity contribution is -0.137. The van der Waals surface area contributed by atoms with Gasteiger partial charge >= 0.3 is 6.18 Å². The number of hydrogen-bond acceptors (Lipinski definition) is 3. The molecule has 2 rings (SSSR count). The molecule has 0 radical (unpaired) electrons. The molecule has 0 aliphatic rings. The van der Waals surface area contributed by atoms with Gasteiger partial charge in [0.1, 0.15) is 6.33 Å². The van der Waals surface area contributed by atoms with Crippen molar-refractivity contribution in [2.24, 2.45) is 0 Å². The molecule has 0 saturated carbocycles. The molecular weight excluding hydrogens is 251 g/mol. The summed E-state index contributed by atoms with van der Waals surface area (Å²) in [6.45, 7) is 0. The van der Waals surface area contributed by atoms with Crippen LogP contribution in [0.15, 0.2) is 29.4 Å². The Balaban J connectivity index is 2.54.